The number of amides is 3. The Morgan fingerprint density at radius 1 is 1.33 bits per heavy atom. The molecule has 0 aliphatic carbocycles. The molecule has 1 heterocycles. The molecule has 1 saturated heterocycles. The van der Waals surface area contributed by atoms with Gasteiger partial charge in [0.15, 0.2) is 0 Å². The second-order valence-corrected chi connectivity index (χ2v) is 3.48. The van der Waals surface area contributed by atoms with Gasteiger partial charge in [0.1, 0.15) is 5.54 Å². The number of hydrogen-bond acceptors (Lipinski definition) is 3. The molecular formula is C7H13N3O2. The first kappa shape index (κ1) is 8.99. The zero-order valence-electron chi connectivity index (χ0n) is 7.71. The number of nitrogens with zero attached hydrogens (tertiary/aromatic N) is 2. The van der Waals surface area contributed by atoms with Gasteiger partial charge in [-0.1, -0.05) is 0 Å². The average Bonchev–Trinajstić information content (AvgIpc) is 2.02. The van der Waals surface area contributed by atoms with E-state index in [2.05, 4.69) is 5.32 Å². The monoisotopic (exact) mass is 171 g/mol. The number of urea groups is 1. The van der Waals surface area contributed by atoms with Crippen LogP contribution in [0.4, 0.5) is 4.79 Å². The fraction of sp³-hybridized carbons (Fsp3) is 0.714. The Kier molecular flexibility index (Phi) is 1.83. The highest BCUT2D eigenvalue weighted by atomic mass is 16.2. The van der Waals surface area contributed by atoms with E-state index in [1.165, 1.54) is 5.01 Å². The Balaban J connectivity index is 2.99. The summed E-state index contributed by atoms with van der Waals surface area (Å²) in [6.45, 7) is 3.40. The summed E-state index contributed by atoms with van der Waals surface area (Å²) in [5.41, 5.74) is -0.777. The van der Waals surface area contributed by atoms with Crippen molar-refractivity contribution in [2.75, 3.05) is 14.1 Å². The number of imide groups is 1. The third-order valence-corrected chi connectivity index (χ3v) is 1.90. The predicted molar refractivity (Wildman–Crippen MR) is 43.1 cm³/mol. The number of nitrogens with one attached hydrogen (secondary N) is 1. The van der Waals surface area contributed by atoms with E-state index in [4.69, 9.17) is 0 Å². The molecule has 1 N–H and O–H groups in total. The molecule has 0 aromatic heterocycles. The molecule has 0 spiro atoms. The predicted octanol–water partition coefficient (Wildman–Crippen LogP) is -0.207. The maximum Gasteiger partial charge on any atom is 0.339 e. The summed E-state index contributed by atoms with van der Waals surface area (Å²) in [5.74, 6) is -0.263. The minimum atomic E-state index is -0.777. The molecule has 5 nitrogen and oxygen atoms in total. The van der Waals surface area contributed by atoms with Crippen LogP contribution in [-0.4, -0.2) is 41.6 Å². The fourth-order valence-corrected chi connectivity index (χ4v) is 1.33. The van der Waals surface area contributed by atoms with Gasteiger partial charge in [0.05, 0.1) is 0 Å². The molecule has 1 aliphatic heterocycles. The highest BCUT2D eigenvalue weighted by Gasteiger charge is 2.46. The summed E-state index contributed by atoms with van der Waals surface area (Å²) in [5, 5.41) is 5.23. The van der Waals surface area contributed by atoms with Crippen LogP contribution in [0.5, 0.6) is 0 Å². The van der Waals surface area contributed by atoms with Crippen LogP contribution in [-0.2, 0) is 4.79 Å². The van der Waals surface area contributed by atoms with E-state index in [1.807, 2.05) is 0 Å². The Labute approximate surface area is 71.3 Å². The number of carbonyl (C=O) groups excluding carboxylic acids is 2. The molecule has 5 heteroatoms. The normalized spacial score (nSPS) is 21.9. The van der Waals surface area contributed by atoms with Crippen LogP contribution < -0.4 is 5.32 Å². The van der Waals surface area contributed by atoms with Gasteiger partial charge in [-0.3, -0.25) is 10.1 Å². The lowest BCUT2D eigenvalue weighted by atomic mass is 10.1. The zero-order chi connectivity index (χ0) is 9.52. The summed E-state index contributed by atoms with van der Waals surface area (Å²) < 4.78 is 0. The maximum absolute atomic E-state index is 11.2. The van der Waals surface area contributed by atoms with Crippen LogP contribution >= 0.6 is 0 Å². The first-order valence-corrected chi connectivity index (χ1v) is 3.70. The van der Waals surface area contributed by atoms with Crippen molar-refractivity contribution in [1.82, 2.24) is 15.3 Å². The van der Waals surface area contributed by atoms with Gasteiger partial charge in [0.2, 0.25) is 0 Å². The van der Waals surface area contributed by atoms with Crippen LogP contribution in [0.1, 0.15) is 13.8 Å². The van der Waals surface area contributed by atoms with Crippen molar-refractivity contribution in [3.63, 3.8) is 0 Å². The summed E-state index contributed by atoms with van der Waals surface area (Å²) in [6.07, 6.45) is 0. The van der Waals surface area contributed by atoms with Gasteiger partial charge in [-0.15, -0.1) is 0 Å². The third kappa shape index (κ3) is 1.06. The maximum atomic E-state index is 11.2. The van der Waals surface area contributed by atoms with Gasteiger partial charge in [0, 0.05) is 14.1 Å². The lowest BCUT2D eigenvalue weighted by Crippen LogP contribution is -2.51. The van der Waals surface area contributed by atoms with Crippen molar-refractivity contribution in [2.24, 2.45) is 0 Å². The smallest absolute Gasteiger partial charge is 0.275 e. The molecule has 1 rings (SSSR count). The van der Waals surface area contributed by atoms with E-state index >= 15 is 0 Å². The Bertz CT molecular complexity index is 235. The van der Waals surface area contributed by atoms with Crippen LogP contribution in [0, 0.1) is 0 Å². The Morgan fingerprint density at radius 2 is 1.83 bits per heavy atom. The molecule has 0 atom stereocenters. The third-order valence-electron chi connectivity index (χ3n) is 1.90. The highest BCUT2D eigenvalue weighted by Crippen LogP contribution is 2.20. The number of carbonyl (C=O) groups is 2. The highest BCUT2D eigenvalue weighted by molar-refractivity contribution is 6.06. The van der Waals surface area contributed by atoms with Crippen molar-refractivity contribution in [2.45, 2.75) is 19.4 Å². The zero-order valence-corrected chi connectivity index (χ0v) is 7.71. The first-order chi connectivity index (χ1) is 5.37. The molecular weight excluding hydrogens is 158 g/mol. The molecule has 12 heavy (non-hydrogen) atoms. The van der Waals surface area contributed by atoms with E-state index in [0.717, 1.165) is 0 Å². The molecule has 1 fully saturated rings. The molecule has 0 saturated carbocycles. The summed E-state index contributed by atoms with van der Waals surface area (Å²) in [6, 6.07) is -0.366. The Hall–Kier alpha value is -1.10. The number of hydrogen-bond donors (Lipinski definition) is 1. The first-order valence-electron chi connectivity index (χ1n) is 3.70. The topological polar surface area (TPSA) is 52.6 Å². The average molecular weight is 171 g/mol. The Morgan fingerprint density at radius 3 is 2.00 bits per heavy atom. The minimum absolute atomic E-state index is 0.263. The summed E-state index contributed by atoms with van der Waals surface area (Å²) >= 11 is 0. The van der Waals surface area contributed by atoms with Crippen LogP contribution in [0.3, 0.4) is 0 Å². The van der Waals surface area contributed by atoms with E-state index in [9.17, 15) is 9.59 Å². The fourth-order valence-electron chi connectivity index (χ4n) is 1.33. The van der Waals surface area contributed by atoms with Gasteiger partial charge in [0.25, 0.3) is 5.91 Å². The van der Waals surface area contributed by atoms with Crippen molar-refractivity contribution in [3.8, 4) is 0 Å². The largest absolute Gasteiger partial charge is 0.339 e. The van der Waals surface area contributed by atoms with E-state index in [0.29, 0.717) is 0 Å². The number of rotatable bonds is 1. The second-order valence-electron chi connectivity index (χ2n) is 3.48. The van der Waals surface area contributed by atoms with E-state index < -0.39 is 5.54 Å². The van der Waals surface area contributed by atoms with E-state index in [-0.39, 0.29) is 11.9 Å². The molecule has 0 aromatic carbocycles. The van der Waals surface area contributed by atoms with Gasteiger partial charge >= 0.3 is 6.03 Å². The van der Waals surface area contributed by atoms with E-state index in [1.54, 1.807) is 33.0 Å². The molecule has 3 amide bonds. The lowest BCUT2D eigenvalue weighted by Gasteiger charge is -2.32. The minimum Gasteiger partial charge on any atom is -0.275 e. The standard InChI is InChI=1S/C7H13N3O2/c1-7(2)5(11)8-6(12)10(7)9(3)4/h1-4H3,(H,8,11,12). The number of hydrazine groups is 1. The molecule has 68 valence electrons. The van der Waals surface area contributed by atoms with Crippen molar-refractivity contribution < 1.29 is 9.59 Å². The summed E-state index contributed by atoms with van der Waals surface area (Å²) in [4.78, 5) is 22.4. The quantitative estimate of drug-likeness (QED) is 0.555. The van der Waals surface area contributed by atoms with Gasteiger partial charge < -0.3 is 0 Å². The molecule has 0 bridgehead atoms. The lowest BCUT2D eigenvalue weighted by molar-refractivity contribution is -0.129. The second kappa shape index (κ2) is 2.45. The van der Waals surface area contributed by atoms with Gasteiger partial charge in [-0.2, -0.15) is 0 Å². The summed E-state index contributed by atoms with van der Waals surface area (Å²) in [7, 11) is 3.44. The molecule has 1 aliphatic rings. The van der Waals surface area contributed by atoms with Crippen LogP contribution in [0.25, 0.3) is 0 Å². The van der Waals surface area contributed by atoms with Crippen molar-refractivity contribution in [1.29, 1.82) is 0 Å². The molecule has 0 aromatic rings. The van der Waals surface area contributed by atoms with Gasteiger partial charge in [-0.25, -0.2) is 14.8 Å². The van der Waals surface area contributed by atoms with Crippen molar-refractivity contribution >= 4 is 11.9 Å². The molecule has 0 unspecified atom stereocenters. The van der Waals surface area contributed by atoms with Crippen molar-refractivity contribution in [3.05, 3.63) is 0 Å². The SMILES string of the molecule is CN(C)N1C(=O)NC(=O)C1(C)C. The molecule has 0 radical (unpaired) electrons. The van der Waals surface area contributed by atoms with Gasteiger partial charge in [-0.05, 0) is 13.8 Å². The van der Waals surface area contributed by atoms with Crippen LogP contribution in [0.2, 0.25) is 0 Å². The van der Waals surface area contributed by atoms with Crippen LogP contribution in [0.15, 0.2) is 0 Å².